The SMILES string of the molecule is Cc1cccc(OCCN2C(=O)C(C)Oc3ccc(NC(=O)/C=C/c4ccc([N+](=O)[O-])cc4)cc32)c1. The smallest absolute Gasteiger partial charge is 0.269 e. The predicted molar refractivity (Wildman–Crippen MR) is 136 cm³/mol. The minimum Gasteiger partial charge on any atom is -0.492 e. The second-order valence-corrected chi connectivity index (χ2v) is 8.27. The lowest BCUT2D eigenvalue weighted by atomic mass is 10.1. The summed E-state index contributed by atoms with van der Waals surface area (Å²) in [5.74, 6) is 0.679. The lowest BCUT2D eigenvalue weighted by Gasteiger charge is -2.33. The van der Waals surface area contributed by atoms with Gasteiger partial charge in [-0.2, -0.15) is 0 Å². The molecule has 4 rings (SSSR count). The van der Waals surface area contributed by atoms with Gasteiger partial charge < -0.3 is 19.7 Å². The van der Waals surface area contributed by atoms with Gasteiger partial charge in [-0.15, -0.1) is 0 Å². The number of carbonyl (C=O) groups is 2. The lowest BCUT2D eigenvalue weighted by molar-refractivity contribution is -0.384. The third-order valence-corrected chi connectivity index (χ3v) is 5.54. The number of aryl methyl sites for hydroxylation is 1. The van der Waals surface area contributed by atoms with Crippen LogP contribution in [0.15, 0.2) is 72.8 Å². The van der Waals surface area contributed by atoms with Crippen LogP contribution < -0.4 is 19.7 Å². The molecule has 1 unspecified atom stereocenters. The summed E-state index contributed by atoms with van der Waals surface area (Å²) in [5.41, 5.74) is 2.74. The van der Waals surface area contributed by atoms with Crippen LogP contribution in [0.3, 0.4) is 0 Å². The van der Waals surface area contributed by atoms with Crippen LogP contribution in [0.5, 0.6) is 11.5 Å². The zero-order valence-electron chi connectivity index (χ0n) is 19.8. The fourth-order valence-corrected chi connectivity index (χ4v) is 3.74. The molecule has 0 fully saturated rings. The summed E-state index contributed by atoms with van der Waals surface area (Å²) in [6, 6.07) is 18.6. The summed E-state index contributed by atoms with van der Waals surface area (Å²) in [6.07, 6.45) is 2.25. The summed E-state index contributed by atoms with van der Waals surface area (Å²) >= 11 is 0. The molecule has 1 heterocycles. The highest BCUT2D eigenvalue weighted by molar-refractivity contribution is 6.04. The topological polar surface area (TPSA) is 111 Å². The number of nitrogens with zero attached hydrogens (tertiary/aromatic N) is 2. The average Bonchev–Trinajstić information content (AvgIpc) is 2.86. The molecule has 0 radical (unpaired) electrons. The second-order valence-electron chi connectivity index (χ2n) is 8.27. The molecule has 1 N–H and O–H groups in total. The van der Waals surface area contributed by atoms with E-state index >= 15 is 0 Å². The van der Waals surface area contributed by atoms with Gasteiger partial charge >= 0.3 is 0 Å². The number of hydrogen-bond acceptors (Lipinski definition) is 6. The van der Waals surface area contributed by atoms with Crippen molar-refractivity contribution >= 4 is 35.0 Å². The highest BCUT2D eigenvalue weighted by atomic mass is 16.6. The van der Waals surface area contributed by atoms with Crippen LogP contribution in [-0.2, 0) is 9.59 Å². The molecule has 36 heavy (non-hydrogen) atoms. The number of rotatable bonds is 8. The Morgan fingerprint density at radius 3 is 2.67 bits per heavy atom. The molecule has 0 aliphatic carbocycles. The molecule has 184 valence electrons. The number of ether oxygens (including phenoxy) is 2. The van der Waals surface area contributed by atoms with Crippen molar-refractivity contribution in [2.24, 2.45) is 0 Å². The average molecular weight is 488 g/mol. The molecule has 0 saturated heterocycles. The van der Waals surface area contributed by atoms with Crippen LogP contribution in [0.4, 0.5) is 17.1 Å². The van der Waals surface area contributed by atoms with Crippen molar-refractivity contribution in [1.82, 2.24) is 0 Å². The lowest BCUT2D eigenvalue weighted by Crippen LogP contribution is -2.46. The number of non-ortho nitro benzene ring substituents is 1. The molecule has 3 aromatic carbocycles. The van der Waals surface area contributed by atoms with Crippen molar-refractivity contribution in [1.29, 1.82) is 0 Å². The predicted octanol–water partition coefficient (Wildman–Crippen LogP) is 4.75. The van der Waals surface area contributed by atoms with E-state index < -0.39 is 11.0 Å². The van der Waals surface area contributed by atoms with Crippen LogP contribution in [-0.4, -0.2) is 36.0 Å². The molecule has 0 spiro atoms. The normalized spacial score (nSPS) is 14.8. The fraction of sp³-hybridized carbons (Fsp3) is 0.185. The van der Waals surface area contributed by atoms with E-state index in [1.165, 1.54) is 18.2 Å². The number of nitro groups is 1. The Balaban J connectivity index is 1.44. The molecule has 9 nitrogen and oxygen atoms in total. The highest BCUT2D eigenvalue weighted by Gasteiger charge is 2.31. The molecule has 1 aliphatic rings. The summed E-state index contributed by atoms with van der Waals surface area (Å²) in [7, 11) is 0. The van der Waals surface area contributed by atoms with Gasteiger partial charge in [0.15, 0.2) is 6.10 Å². The van der Waals surface area contributed by atoms with Crippen LogP contribution in [0.1, 0.15) is 18.1 Å². The Bertz CT molecular complexity index is 1320. The van der Waals surface area contributed by atoms with Gasteiger partial charge in [-0.05, 0) is 73.5 Å². The van der Waals surface area contributed by atoms with Gasteiger partial charge in [0, 0.05) is 23.9 Å². The quantitative estimate of drug-likeness (QED) is 0.279. The van der Waals surface area contributed by atoms with Gasteiger partial charge in [-0.3, -0.25) is 19.7 Å². The second kappa shape index (κ2) is 10.7. The molecule has 0 aromatic heterocycles. The molecular weight excluding hydrogens is 462 g/mol. The molecule has 1 aliphatic heterocycles. The van der Waals surface area contributed by atoms with E-state index in [1.807, 2.05) is 31.2 Å². The monoisotopic (exact) mass is 487 g/mol. The summed E-state index contributed by atoms with van der Waals surface area (Å²) in [5, 5.41) is 13.5. The van der Waals surface area contributed by atoms with E-state index in [0.717, 1.165) is 11.3 Å². The maximum atomic E-state index is 12.8. The maximum absolute atomic E-state index is 12.8. The van der Waals surface area contributed by atoms with E-state index in [0.29, 0.717) is 29.2 Å². The molecule has 1 atom stereocenters. The first kappa shape index (κ1) is 24.5. The molecule has 0 bridgehead atoms. The Morgan fingerprint density at radius 1 is 1.17 bits per heavy atom. The Hall–Kier alpha value is -4.66. The summed E-state index contributed by atoms with van der Waals surface area (Å²) in [4.78, 5) is 37.2. The van der Waals surface area contributed by atoms with Crippen molar-refractivity contribution in [3.63, 3.8) is 0 Å². The standard InChI is InChI=1S/C27H25N3O6/c1-18-4-3-5-23(16-18)35-15-14-29-24-17-21(9-12-25(24)36-19(2)27(29)32)28-26(31)13-8-20-6-10-22(11-7-20)30(33)34/h3-13,16-17,19H,14-15H2,1-2H3,(H,28,31)/b13-8+. The van der Waals surface area contributed by atoms with E-state index in [1.54, 1.807) is 48.2 Å². The molecule has 9 heteroatoms. The van der Waals surface area contributed by atoms with Crippen molar-refractivity contribution in [3.8, 4) is 11.5 Å². The van der Waals surface area contributed by atoms with Gasteiger partial charge in [0.2, 0.25) is 5.91 Å². The van der Waals surface area contributed by atoms with Crippen LogP contribution in [0, 0.1) is 17.0 Å². The number of fused-ring (bicyclic) bond motifs is 1. The molecular formula is C27H25N3O6. The number of benzene rings is 3. The number of anilines is 2. The van der Waals surface area contributed by atoms with E-state index in [4.69, 9.17) is 9.47 Å². The van der Waals surface area contributed by atoms with Crippen LogP contribution in [0.2, 0.25) is 0 Å². The highest BCUT2D eigenvalue weighted by Crippen LogP contribution is 2.36. The van der Waals surface area contributed by atoms with Crippen LogP contribution >= 0.6 is 0 Å². The van der Waals surface area contributed by atoms with Crippen LogP contribution in [0.25, 0.3) is 6.08 Å². The fourth-order valence-electron chi connectivity index (χ4n) is 3.74. The number of nitrogens with one attached hydrogen (secondary N) is 1. The largest absolute Gasteiger partial charge is 0.492 e. The Morgan fingerprint density at radius 2 is 1.94 bits per heavy atom. The number of carbonyl (C=O) groups excluding carboxylic acids is 2. The zero-order valence-corrected chi connectivity index (χ0v) is 19.8. The van der Waals surface area contributed by atoms with E-state index in [-0.39, 0.29) is 24.1 Å². The van der Waals surface area contributed by atoms with E-state index in [9.17, 15) is 19.7 Å². The minimum atomic E-state index is -0.637. The van der Waals surface area contributed by atoms with E-state index in [2.05, 4.69) is 5.32 Å². The molecule has 3 aromatic rings. The van der Waals surface area contributed by atoms with Gasteiger partial charge in [0.05, 0.1) is 17.2 Å². The first-order valence-corrected chi connectivity index (χ1v) is 11.4. The third-order valence-electron chi connectivity index (χ3n) is 5.54. The minimum absolute atomic E-state index is 0.0226. The Kier molecular flexibility index (Phi) is 7.29. The number of amides is 2. The third kappa shape index (κ3) is 5.87. The number of nitro benzene ring substituents is 1. The first-order chi connectivity index (χ1) is 17.3. The van der Waals surface area contributed by atoms with Crippen molar-refractivity contribution in [3.05, 3.63) is 94.0 Å². The maximum Gasteiger partial charge on any atom is 0.269 e. The van der Waals surface area contributed by atoms with Crippen molar-refractivity contribution in [2.45, 2.75) is 20.0 Å². The van der Waals surface area contributed by atoms with Gasteiger partial charge in [-0.1, -0.05) is 12.1 Å². The van der Waals surface area contributed by atoms with Crippen molar-refractivity contribution < 1.29 is 24.0 Å². The van der Waals surface area contributed by atoms with Gasteiger partial charge in [0.25, 0.3) is 11.6 Å². The molecule has 2 amide bonds. The van der Waals surface area contributed by atoms with Gasteiger partial charge in [0.1, 0.15) is 18.1 Å². The van der Waals surface area contributed by atoms with Crippen molar-refractivity contribution in [2.75, 3.05) is 23.4 Å². The summed E-state index contributed by atoms with van der Waals surface area (Å²) in [6.45, 7) is 4.27. The zero-order chi connectivity index (χ0) is 25.7. The summed E-state index contributed by atoms with van der Waals surface area (Å²) < 4.78 is 11.6. The Labute approximate surface area is 208 Å². The first-order valence-electron chi connectivity index (χ1n) is 11.4. The molecule has 0 saturated carbocycles. The number of hydrogen-bond donors (Lipinski definition) is 1. The van der Waals surface area contributed by atoms with Gasteiger partial charge in [-0.25, -0.2) is 0 Å².